The molecule has 1 heterocycles. The van der Waals surface area contributed by atoms with Crippen LogP contribution in [0.25, 0.3) is 0 Å². The molecule has 0 atom stereocenters. The Labute approximate surface area is 203 Å². The quantitative estimate of drug-likeness (QED) is 0.458. The van der Waals surface area contributed by atoms with Crippen molar-refractivity contribution in [3.63, 3.8) is 0 Å². The first-order chi connectivity index (χ1) is 15.8. The van der Waals surface area contributed by atoms with Crippen molar-refractivity contribution in [2.75, 3.05) is 18.4 Å². The molecule has 1 fully saturated rings. The van der Waals surface area contributed by atoms with Crippen LogP contribution in [0.3, 0.4) is 0 Å². The van der Waals surface area contributed by atoms with Crippen LogP contribution >= 0.6 is 23.2 Å². The van der Waals surface area contributed by atoms with Gasteiger partial charge in [-0.3, -0.25) is 4.79 Å². The number of piperidine rings is 1. The summed E-state index contributed by atoms with van der Waals surface area (Å²) < 4.78 is 33.1. The molecule has 9 heteroatoms. The molecule has 0 saturated carbocycles. The van der Waals surface area contributed by atoms with E-state index in [-0.39, 0.29) is 29.8 Å². The molecule has 1 saturated heterocycles. The summed E-state index contributed by atoms with van der Waals surface area (Å²) in [7, 11) is -3.63. The summed E-state index contributed by atoms with van der Waals surface area (Å²) in [6.07, 6.45) is 0.822. The molecular formula is C24H22Cl2N2O4S. The molecule has 0 radical (unpaired) electrons. The monoisotopic (exact) mass is 504 g/mol. The van der Waals surface area contributed by atoms with Crippen molar-refractivity contribution < 1.29 is 17.9 Å². The fourth-order valence-corrected chi connectivity index (χ4v) is 5.42. The highest BCUT2D eigenvalue weighted by Gasteiger charge is 2.32. The molecule has 3 aromatic rings. The van der Waals surface area contributed by atoms with E-state index >= 15 is 0 Å². The molecule has 33 heavy (non-hydrogen) atoms. The molecule has 172 valence electrons. The lowest BCUT2D eigenvalue weighted by Gasteiger charge is -2.30. The number of benzene rings is 3. The summed E-state index contributed by atoms with van der Waals surface area (Å²) in [6.45, 7) is 0.512. The minimum Gasteiger partial charge on any atom is -0.455 e. The van der Waals surface area contributed by atoms with Gasteiger partial charge >= 0.3 is 0 Å². The number of nitrogens with one attached hydrogen (secondary N) is 1. The number of ether oxygens (including phenoxy) is 1. The van der Waals surface area contributed by atoms with Crippen molar-refractivity contribution in [1.29, 1.82) is 0 Å². The maximum Gasteiger partial charge on any atom is 0.243 e. The normalized spacial score (nSPS) is 15.2. The number of rotatable bonds is 6. The number of para-hydroxylation sites is 1. The lowest BCUT2D eigenvalue weighted by Crippen LogP contribution is -2.41. The standard InChI is InChI=1S/C24H22Cl2N2O4S/c25-18-6-9-21(10-7-18)33(30,31)28-14-12-17(13-15-28)24(29)27-22-16-19(26)8-11-23(22)32-20-4-2-1-3-5-20/h1-11,16-17H,12-15H2,(H,27,29). The van der Waals surface area contributed by atoms with Gasteiger partial charge in [-0.1, -0.05) is 41.4 Å². The minimum atomic E-state index is -3.63. The van der Waals surface area contributed by atoms with Gasteiger partial charge in [0.1, 0.15) is 5.75 Å². The predicted molar refractivity (Wildman–Crippen MR) is 130 cm³/mol. The summed E-state index contributed by atoms with van der Waals surface area (Å²) >= 11 is 12.0. The van der Waals surface area contributed by atoms with Gasteiger partial charge < -0.3 is 10.1 Å². The van der Waals surface area contributed by atoms with Crippen LogP contribution in [0.1, 0.15) is 12.8 Å². The summed E-state index contributed by atoms with van der Waals surface area (Å²) in [6, 6.07) is 20.3. The van der Waals surface area contributed by atoms with E-state index in [0.29, 0.717) is 40.1 Å². The topological polar surface area (TPSA) is 75.7 Å². The van der Waals surface area contributed by atoms with Gasteiger partial charge in [0.05, 0.1) is 10.6 Å². The van der Waals surface area contributed by atoms with E-state index in [1.54, 1.807) is 30.3 Å². The number of hydrogen-bond donors (Lipinski definition) is 1. The first-order valence-electron chi connectivity index (χ1n) is 10.4. The fraction of sp³-hybridized carbons (Fsp3) is 0.208. The number of halogens is 2. The molecule has 1 aliphatic rings. The first kappa shape index (κ1) is 23.6. The van der Waals surface area contributed by atoms with Crippen molar-refractivity contribution in [3.05, 3.63) is 82.8 Å². The second-order valence-corrected chi connectivity index (χ2v) is 10.5. The first-order valence-corrected chi connectivity index (χ1v) is 12.6. The summed E-state index contributed by atoms with van der Waals surface area (Å²) in [4.78, 5) is 13.1. The molecule has 3 aromatic carbocycles. The van der Waals surface area contributed by atoms with Crippen molar-refractivity contribution in [3.8, 4) is 11.5 Å². The molecule has 0 spiro atoms. The van der Waals surface area contributed by atoms with Crippen molar-refractivity contribution in [2.45, 2.75) is 17.7 Å². The van der Waals surface area contributed by atoms with Gasteiger partial charge in [0.15, 0.2) is 5.75 Å². The molecule has 6 nitrogen and oxygen atoms in total. The lowest BCUT2D eigenvalue weighted by atomic mass is 9.97. The largest absolute Gasteiger partial charge is 0.455 e. The van der Waals surface area contributed by atoms with Gasteiger partial charge in [0, 0.05) is 29.1 Å². The van der Waals surface area contributed by atoms with Crippen molar-refractivity contribution >= 4 is 44.8 Å². The average molecular weight is 505 g/mol. The van der Waals surface area contributed by atoms with E-state index in [1.807, 2.05) is 30.3 Å². The highest BCUT2D eigenvalue weighted by atomic mass is 35.5. The number of amides is 1. The molecule has 1 aliphatic heterocycles. The zero-order chi connectivity index (χ0) is 23.4. The van der Waals surface area contributed by atoms with Crippen LogP contribution in [0.15, 0.2) is 77.7 Å². The number of hydrogen-bond acceptors (Lipinski definition) is 4. The predicted octanol–water partition coefficient (Wildman–Crippen LogP) is 5.83. The maximum absolute atomic E-state index is 13.0. The van der Waals surface area contributed by atoms with E-state index in [4.69, 9.17) is 27.9 Å². The van der Waals surface area contributed by atoms with Gasteiger partial charge in [0.25, 0.3) is 0 Å². The second-order valence-electron chi connectivity index (χ2n) is 7.68. The van der Waals surface area contributed by atoms with E-state index < -0.39 is 10.0 Å². The average Bonchev–Trinajstić information content (AvgIpc) is 2.82. The number of carbonyl (C=O) groups excluding carboxylic acids is 1. The Morgan fingerprint density at radius 2 is 1.55 bits per heavy atom. The number of carbonyl (C=O) groups is 1. The third-order valence-electron chi connectivity index (χ3n) is 5.45. The Bertz CT molecular complexity index is 1230. The number of nitrogens with zero attached hydrogens (tertiary/aromatic N) is 1. The van der Waals surface area contributed by atoms with Gasteiger partial charge in [0.2, 0.25) is 15.9 Å². The number of anilines is 1. The van der Waals surface area contributed by atoms with Crippen LogP contribution in [0.2, 0.25) is 10.0 Å². The molecule has 0 aromatic heterocycles. The Morgan fingerprint density at radius 3 is 2.21 bits per heavy atom. The molecular weight excluding hydrogens is 483 g/mol. The van der Waals surface area contributed by atoms with Gasteiger partial charge in [-0.25, -0.2) is 8.42 Å². The fourth-order valence-electron chi connectivity index (χ4n) is 3.65. The Balaban J connectivity index is 1.41. The summed E-state index contributed by atoms with van der Waals surface area (Å²) in [5.41, 5.74) is 0.465. The van der Waals surface area contributed by atoms with Crippen LogP contribution < -0.4 is 10.1 Å². The van der Waals surface area contributed by atoms with Crippen LogP contribution in [-0.4, -0.2) is 31.7 Å². The minimum absolute atomic E-state index is 0.191. The Morgan fingerprint density at radius 1 is 0.909 bits per heavy atom. The van der Waals surface area contributed by atoms with Gasteiger partial charge in [-0.05, 0) is 67.4 Å². The zero-order valence-corrected chi connectivity index (χ0v) is 19.9. The van der Waals surface area contributed by atoms with Crippen LogP contribution in [-0.2, 0) is 14.8 Å². The molecule has 0 bridgehead atoms. The van der Waals surface area contributed by atoms with E-state index in [1.165, 1.54) is 16.4 Å². The summed E-state index contributed by atoms with van der Waals surface area (Å²) in [5, 5.41) is 3.84. The smallest absolute Gasteiger partial charge is 0.243 e. The SMILES string of the molecule is O=C(Nc1cc(Cl)ccc1Oc1ccccc1)C1CCN(S(=O)(=O)c2ccc(Cl)cc2)CC1. The van der Waals surface area contributed by atoms with Crippen LogP contribution in [0.5, 0.6) is 11.5 Å². The van der Waals surface area contributed by atoms with E-state index in [9.17, 15) is 13.2 Å². The van der Waals surface area contributed by atoms with E-state index in [0.717, 1.165) is 0 Å². The van der Waals surface area contributed by atoms with Crippen LogP contribution in [0.4, 0.5) is 5.69 Å². The molecule has 1 amide bonds. The van der Waals surface area contributed by atoms with Gasteiger partial charge in [-0.15, -0.1) is 0 Å². The zero-order valence-electron chi connectivity index (χ0n) is 17.6. The number of sulfonamides is 1. The molecule has 0 aliphatic carbocycles. The lowest BCUT2D eigenvalue weighted by molar-refractivity contribution is -0.120. The molecule has 0 unspecified atom stereocenters. The van der Waals surface area contributed by atoms with Crippen molar-refractivity contribution in [2.24, 2.45) is 5.92 Å². The second kappa shape index (κ2) is 10.1. The Kier molecular flexibility index (Phi) is 7.24. The van der Waals surface area contributed by atoms with E-state index in [2.05, 4.69) is 5.32 Å². The maximum atomic E-state index is 13.0. The third kappa shape index (κ3) is 5.68. The molecule has 4 rings (SSSR count). The highest BCUT2D eigenvalue weighted by molar-refractivity contribution is 7.89. The van der Waals surface area contributed by atoms with Crippen LogP contribution in [0, 0.1) is 5.92 Å². The highest BCUT2D eigenvalue weighted by Crippen LogP contribution is 2.33. The molecule has 1 N–H and O–H groups in total. The summed E-state index contributed by atoms with van der Waals surface area (Å²) in [5.74, 6) is 0.585. The van der Waals surface area contributed by atoms with Gasteiger partial charge in [-0.2, -0.15) is 4.31 Å². The third-order valence-corrected chi connectivity index (χ3v) is 7.85. The Hall–Kier alpha value is -2.58. The van der Waals surface area contributed by atoms with Crippen molar-refractivity contribution in [1.82, 2.24) is 4.31 Å².